The van der Waals surface area contributed by atoms with Gasteiger partial charge in [-0.1, -0.05) is 12.1 Å². The van der Waals surface area contributed by atoms with E-state index in [0.29, 0.717) is 50.1 Å². The van der Waals surface area contributed by atoms with E-state index in [4.69, 9.17) is 13.8 Å². The van der Waals surface area contributed by atoms with E-state index in [-0.39, 0.29) is 29.9 Å². The maximum absolute atomic E-state index is 12.8. The molecule has 0 bridgehead atoms. The average Bonchev–Trinajstić information content (AvgIpc) is 3.04. The molecule has 6 rings (SSSR count). The van der Waals surface area contributed by atoms with Crippen molar-refractivity contribution in [3.8, 4) is 11.5 Å². The summed E-state index contributed by atoms with van der Waals surface area (Å²) in [7, 11) is -1.43. The maximum atomic E-state index is 12.8. The molecule has 0 aliphatic carbocycles. The van der Waals surface area contributed by atoms with Gasteiger partial charge < -0.3 is 48.5 Å². The van der Waals surface area contributed by atoms with Crippen LogP contribution in [0.3, 0.4) is 0 Å². The van der Waals surface area contributed by atoms with Crippen LogP contribution in [-0.4, -0.2) is 80.1 Å². The number of fused-ring (bicyclic) bond motifs is 4. The molecule has 0 unspecified atom stereocenters. The highest BCUT2D eigenvalue weighted by atomic mass is 31.2. The fourth-order valence-corrected chi connectivity index (χ4v) is 7.22. The van der Waals surface area contributed by atoms with Crippen LogP contribution in [0.15, 0.2) is 54.6 Å². The zero-order chi connectivity index (χ0) is 36.4. The fourth-order valence-electron chi connectivity index (χ4n) is 6.71. The summed E-state index contributed by atoms with van der Waals surface area (Å²) in [6.45, 7) is 7.80. The fraction of sp³-hybridized carbons (Fsp3) is 0.286. The van der Waals surface area contributed by atoms with E-state index in [2.05, 4.69) is 0 Å². The summed E-state index contributed by atoms with van der Waals surface area (Å²) in [4.78, 5) is 65.0. The number of anilines is 1. The van der Waals surface area contributed by atoms with Crippen molar-refractivity contribution in [1.29, 1.82) is 0 Å². The van der Waals surface area contributed by atoms with Crippen LogP contribution in [0.1, 0.15) is 70.7 Å². The van der Waals surface area contributed by atoms with Crippen molar-refractivity contribution in [2.75, 3.05) is 32.2 Å². The smallest absolute Gasteiger partial charge is 0.336 e. The molecule has 3 aromatic rings. The second kappa shape index (κ2) is 12.9. The predicted octanol–water partition coefficient (Wildman–Crippen LogP) is 3.80. The van der Waals surface area contributed by atoms with Gasteiger partial charge in [0.2, 0.25) is 5.36 Å². The Morgan fingerprint density at radius 1 is 0.800 bits per heavy atom. The van der Waals surface area contributed by atoms with Gasteiger partial charge in [-0.2, -0.15) is 0 Å². The maximum Gasteiger partial charge on any atom is 0.336 e. The van der Waals surface area contributed by atoms with E-state index in [9.17, 15) is 39.4 Å². The zero-order valence-corrected chi connectivity index (χ0v) is 29.9. The van der Waals surface area contributed by atoms with E-state index in [0.717, 1.165) is 17.1 Å². The minimum Gasteiger partial charge on any atom is -0.478 e. The van der Waals surface area contributed by atoms with Crippen LogP contribution >= 0.6 is 17.2 Å². The molecule has 0 amide bonds. The Labute approximate surface area is 289 Å². The lowest BCUT2D eigenvalue weighted by Crippen LogP contribution is -2.47. The molecular weight excluding hydrogens is 686 g/mol. The molecule has 0 spiro atoms. The van der Waals surface area contributed by atoms with Gasteiger partial charge in [0.15, 0.2) is 5.54 Å². The number of carbonyl (C=O) groups is 2. The number of carboxylic acid groups (broad SMARTS) is 2. The topological polar surface area (TPSA) is 189 Å². The number of benzene rings is 3. The normalized spacial score (nSPS) is 17.0. The summed E-state index contributed by atoms with van der Waals surface area (Å²) in [6, 6.07) is 11.3. The summed E-state index contributed by atoms with van der Waals surface area (Å²) in [5.41, 5.74) is 3.28. The first-order valence-electron chi connectivity index (χ1n) is 15.5. The summed E-state index contributed by atoms with van der Waals surface area (Å²) in [6.07, 6.45) is 3.93. The monoisotopic (exact) mass is 723 g/mol. The minimum atomic E-state index is -2.64. The first kappa shape index (κ1) is 35.8. The second-order valence-electron chi connectivity index (χ2n) is 13.4. The van der Waals surface area contributed by atoms with Crippen molar-refractivity contribution in [3.05, 3.63) is 98.6 Å². The lowest BCUT2D eigenvalue weighted by Gasteiger charge is -2.41. The van der Waals surface area contributed by atoms with Crippen molar-refractivity contribution in [2.24, 2.45) is 0 Å². The third kappa shape index (κ3) is 6.36. The molecule has 50 heavy (non-hydrogen) atoms. The van der Waals surface area contributed by atoms with Gasteiger partial charge in [-0.05, 0) is 60.9 Å². The van der Waals surface area contributed by atoms with Gasteiger partial charge in [-0.15, -0.1) is 0 Å². The van der Waals surface area contributed by atoms with Crippen molar-refractivity contribution in [3.63, 3.8) is 0 Å². The number of likely N-dealkylation sites (N-methyl/N-ethyl adjacent to an activating group) is 2. The number of hydrogen-bond donors (Lipinski definition) is 6. The Morgan fingerprint density at radius 3 is 2.04 bits per heavy atom. The molecule has 262 valence electrons. The number of ether oxygens (including phenoxy) is 1. The number of rotatable bonds is 9. The highest BCUT2D eigenvalue weighted by molar-refractivity contribution is 7.39. The lowest BCUT2D eigenvalue weighted by atomic mass is 9.83. The highest BCUT2D eigenvalue weighted by Gasteiger charge is 2.36. The molecule has 3 aromatic carbocycles. The third-order valence-electron chi connectivity index (χ3n) is 9.59. The van der Waals surface area contributed by atoms with Crippen LogP contribution in [0.25, 0.3) is 16.7 Å². The molecule has 0 fully saturated rings. The zero-order valence-electron chi connectivity index (χ0n) is 28.1. The van der Waals surface area contributed by atoms with Crippen molar-refractivity contribution >= 4 is 51.6 Å². The number of aromatic carboxylic acids is 2. The van der Waals surface area contributed by atoms with Crippen LogP contribution in [0.4, 0.5) is 5.69 Å². The minimum absolute atomic E-state index is 0.107. The molecule has 3 aliphatic heterocycles. The quantitative estimate of drug-likeness (QED) is 0.108. The van der Waals surface area contributed by atoms with Gasteiger partial charge in [-0.25, -0.2) is 14.2 Å². The van der Waals surface area contributed by atoms with E-state index < -0.39 is 40.2 Å². The van der Waals surface area contributed by atoms with E-state index in [1.54, 1.807) is 0 Å². The van der Waals surface area contributed by atoms with Gasteiger partial charge in [-0.3, -0.25) is 0 Å². The Kier molecular flexibility index (Phi) is 9.26. The van der Waals surface area contributed by atoms with Crippen LogP contribution < -0.4 is 24.8 Å². The molecule has 13 nitrogen and oxygen atoms in total. The Hall–Kier alpha value is -4.03. The summed E-state index contributed by atoms with van der Waals surface area (Å²) < 4.78 is 19.2. The van der Waals surface area contributed by atoms with Gasteiger partial charge in [0.25, 0.3) is 0 Å². The molecule has 6 N–H and O–H groups in total. The summed E-state index contributed by atoms with van der Waals surface area (Å²) in [5.74, 6) is -1.76. The number of carboxylic acids is 2. The number of nitrogens with zero attached hydrogens (tertiary/aromatic N) is 2. The van der Waals surface area contributed by atoms with Crippen LogP contribution in [0, 0.1) is 0 Å². The van der Waals surface area contributed by atoms with Crippen molar-refractivity contribution in [1.82, 2.24) is 4.58 Å². The van der Waals surface area contributed by atoms with Gasteiger partial charge in [0.05, 0.1) is 41.5 Å². The van der Waals surface area contributed by atoms with Crippen LogP contribution in [-0.2, 0) is 9.05 Å². The third-order valence-corrected chi connectivity index (χ3v) is 10.3. The van der Waals surface area contributed by atoms with Gasteiger partial charge in [0.1, 0.15) is 18.5 Å². The Balaban J connectivity index is 1.73. The molecule has 0 saturated heterocycles. The largest absolute Gasteiger partial charge is 0.478 e. The first-order chi connectivity index (χ1) is 23.4. The molecule has 0 atom stereocenters. The number of hydrogen-bond acceptors (Lipinski definition) is 10. The van der Waals surface area contributed by atoms with Crippen molar-refractivity contribution in [2.45, 2.75) is 38.8 Å². The molecule has 3 aliphatic rings. The summed E-state index contributed by atoms with van der Waals surface area (Å²) in [5, 5.41) is 21.4. The molecule has 15 heteroatoms. The summed E-state index contributed by atoms with van der Waals surface area (Å²) >= 11 is 0. The first-order valence-corrected chi connectivity index (χ1v) is 17.8. The highest BCUT2D eigenvalue weighted by Crippen LogP contribution is 2.47. The van der Waals surface area contributed by atoms with E-state index in [1.807, 2.05) is 87.7 Å². The van der Waals surface area contributed by atoms with Crippen LogP contribution in [0.2, 0.25) is 0 Å². The molecule has 0 radical (unpaired) electrons. The van der Waals surface area contributed by atoms with Crippen molar-refractivity contribution < 1.29 is 53.2 Å². The van der Waals surface area contributed by atoms with Gasteiger partial charge >= 0.3 is 29.1 Å². The standard InChI is InChI=1S/C35H36N2O11P2/c1-34(2)14-19(16-46-49(42)43)22-10-25-29(12-27(22)36(34)5)48-30-13-28-23(20(17-47-50(44)45)15-35(3,4)37(28)6)11-26(30)31(25)21-8-7-18(32(38)39)9-24(21)33(40)41/h7-15,42-45H,16-17H2,1-6H3,(H-,38,39,40,41)/p+1. The average molecular weight is 724 g/mol. The van der Waals surface area contributed by atoms with Crippen LogP contribution in [0.5, 0.6) is 11.5 Å². The molecule has 3 heterocycles. The molecule has 0 aromatic heterocycles. The lowest BCUT2D eigenvalue weighted by molar-refractivity contribution is 0.0695. The Morgan fingerprint density at radius 2 is 1.44 bits per heavy atom. The SMILES string of the molecule is CN1c2cc3c(cc2C(COP(O)O)=CC1(C)C)C(c1ccc(C(=O)O)cc1C(=O)O)=c1cc2c(cc1O3)=[N+](C)C(C)(C)C=C2COP(O)O. The second-order valence-corrected chi connectivity index (χ2v) is 14.9. The predicted molar refractivity (Wildman–Crippen MR) is 188 cm³/mol. The Bertz CT molecular complexity index is 2160. The van der Waals surface area contributed by atoms with Gasteiger partial charge in [0, 0.05) is 54.6 Å². The van der Waals surface area contributed by atoms with E-state index in [1.165, 1.54) is 12.1 Å². The molecule has 0 saturated carbocycles. The molecular formula is C35H37N2O11P2+. The van der Waals surface area contributed by atoms with E-state index >= 15 is 0 Å².